The predicted molar refractivity (Wildman–Crippen MR) is 84.2 cm³/mol. The number of pyridine rings is 1. The summed E-state index contributed by atoms with van der Waals surface area (Å²) in [6, 6.07) is 5.84. The number of nitrogens with two attached hydrogens (primary N) is 1. The van der Waals surface area contributed by atoms with Crippen molar-refractivity contribution in [1.29, 1.82) is 0 Å². The number of unbranched alkanes of at least 4 members (excludes halogenated alkanes) is 1. The van der Waals surface area contributed by atoms with Crippen LogP contribution in [0.5, 0.6) is 0 Å². The van der Waals surface area contributed by atoms with Crippen LogP contribution in [0, 0.1) is 0 Å². The van der Waals surface area contributed by atoms with Crippen LogP contribution in [0.25, 0.3) is 5.65 Å². The number of hydrogen-bond acceptors (Lipinski definition) is 5. The molecule has 1 atom stereocenters. The van der Waals surface area contributed by atoms with Crippen LogP contribution in [0.1, 0.15) is 26.2 Å². The van der Waals surface area contributed by atoms with Gasteiger partial charge in [0.25, 0.3) is 0 Å². The Kier molecular flexibility index (Phi) is 5.19. The summed E-state index contributed by atoms with van der Waals surface area (Å²) in [5.41, 5.74) is 5.65. The zero-order chi connectivity index (χ0) is 15.3. The molecule has 7 heteroatoms. The first-order valence-corrected chi connectivity index (χ1v) is 7.97. The number of hydrogen-bond donors (Lipinski definition) is 2. The molecule has 0 bridgehead atoms. The summed E-state index contributed by atoms with van der Waals surface area (Å²) in [4.78, 5) is 11.4. The van der Waals surface area contributed by atoms with E-state index in [0.29, 0.717) is 0 Å². The van der Waals surface area contributed by atoms with Crippen LogP contribution >= 0.6 is 11.8 Å². The normalized spacial score (nSPS) is 14.2. The summed E-state index contributed by atoms with van der Waals surface area (Å²) < 4.78 is 1.98. The molecule has 6 nitrogen and oxygen atoms in total. The molecule has 0 fully saturated rings. The molecule has 0 aliphatic rings. The third-order valence-electron chi connectivity index (χ3n) is 3.68. The molecular weight excluding hydrogens is 286 g/mol. The summed E-state index contributed by atoms with van der Waals surface area (Å²) in [6.07, 6.45) is 4.63. The van der Waals surface area contributed by atoms with Gasteiger partial charge in [-0.3, -0.25) is 9.20 Å². The van der Waals surface area contributed by atoms with E-state index in [4.69, 9.17) is 5.73 Å². The van der Waals surface area contributed by atoms with Gasteiger partial charge < -0.3 is 11.1 Å². The van der Waals surface area contributed by atoms with Gasteiger partial charge in [-0.25, -0.2) is 0 Å². The quantitative estimate of drug-likeness (QED) is 0.569. The molecule has 1 amide bonds. The highest BCUT2D eigenvalue weighted by Crippen LogP contribution is 2.20. The van der Waals surface area contributed by atoms with Gasteiger partial charge in [0.2, 0.25) is 5.91 Å². The number of thioether (sulfide) groups is 1. The Bertz CT molecular complexity index is 614. The molecule has 0 saturated carbocycles. The first-order valence-electron chi connectivity index (χ1n) is 6.98. The number of carbonyl (C=O) groups is 1. The molecule has 0 saturated heterocycles. The third-order valence-corrected chi connectivity index (χ3v) is 4.71. The van der Waals surface area contributed by atoms with Crippen LogP contribution in [0.4, 0.5) is 0 Å². The number of likely N-dealkylation sites (N-methyl/N-ethyl adjacent to an activating group) is 1. The highest BCUT2D eigenvalue weighted by molar-refractivity contribution is 7.99. The summed E-state index contributed by atoms with van der Waals surface area (Å²) in [5.74, 6) is 0.634. The van der Waals surface area contributed by atoms with Crippen molar-refractivity contribution in [1.82, 2.24) is 19.9 Å². The molecule has 3 N–H and O–H groups in total. The first-order chi connectivity index (χ1) is 10.1. The maximum atomic E-state index is 11.4. The number of rotatable bonds is 8. The number of nitrogens with one attached hydrogen (secondary N) is 1. The van der Waals surface area contributed by atoms with E-state index < -0.39 is 5.54 Å². The van der Waals surface area contributed by atoms with E-state index in [2.05, 4.69) is 15.5 Å². The van der Waals surface area contributed by atoms with E-state index in [1.165, 1.54) is 0 Å². The average Bonchev–Trinajstić information content (AvgIpc) is 2.90. The number of primary amides is 1. The Labute approximate surface area is 128 Å². The van der Waals surface area contributed by atoms with Gasteiger partial charge in [-0.1, -0.05) is 24.2 Å². The number of fused-ring (bicyclic) bond motifs is 1. The maximum absolute atomic E-state index is 11.4. The fourth-order valence-electron chi connectivity index (χ4n) is 2.03. The summed E-state index contributed by atoms with van der Waals surface area (Å²) >= 11 is 1.68. The average molecular weight is 307 g/mol. The van der Waals surface area contributed by atoms with Crippen LogP contribution in [0.2, 0.25) is 0 Å². The Balaban J connectivity index is 1.79. The lowest BCUT2D eigenvalue weighted by atomic mass is 9.94. The van der Waals surface area contributed by atoms with Gasteiger partial charge in [0.15, 0.2) is 10.8 Å². The smallest absolute Gasteiger partial charge is 0.237 e. The summed E-state index contributed by atoms with van der Waals surface area (Å²) in [7, 11) is 1.77. The second kappa shape index (κ2) is 6.91. The van der Waals surface area contributed by atoms with Gasteiger partial charge in [0, 0.05) is 11.9 Å². The maximum Gasteiger partial charge on any atom is 0.237 e. The lowest BCUT2D eigenvalue weighted by Gasteiger charge is -2.25. The van der Waals surface area contributed by atoms with Crippen molar-refractivity contribution in [2.24, 2.45) is 5.73 Å². The van der Waals surface area contributed by atoms with Crippen LogP contribution < -0.4 is 11.1 Å². The standard InChI is InChI=1S/C14H21N5OS/c1-14(16-2,12(15)20)8-4-6-10-21-13-18-17-11-7-3-5-9-19(11)13/h3,5,7,9,16H,4,6,8,10H2,1-2H3,(H2,15,20). The van der Waals surface area contributed by atoms with Crippen molar-refractivity contribution < 1.29 is 4.79 Å². The van der Waals surface area contributed by atoms with Crippen molar-refractivity contribution in [3.8, 4) is 0 Å². The molecule has 0 aliphatic carbocycles. The minimum atomic E-state index is -0.619. The zero-order valence-corrected chi connectivity index (χ0v) is 13.2. The van der Waals surface area contributed by atoms with Crippen LogP contribution in [0.3, 0.4) is 0 Å². The number of nitrogens with zero attached hydrogens (tertiary/aromatic N) is 3. The highest BCUT2D eigenvalue weighted by Gasteiger charge is 2.27. The van der Waals surface area contributed by atoms with Gasteiger partial charge in [-0.2, -0.15) is 0 Å². The zero-order valence-electron chi connectivity index (χ0n) is 12.4. The predicted octanol–water partition coefficient (Wildman–Crippen LogP) is 1.46. The molecule has 2 aromatic rings. The molecule has 0 aliphatic heterocycles. The van der Waals surface area contributed by atoms with Crippen molar-refractivity contribution in [3.63, 3.8) is 0 Å². The van der Waals surface area contributed by atoms with E-state index in [1.807, 2.05) is 35.7 Å². The Morgan fingerprint density at radius 2 is 2.24 bits per heavy atom. The Morgan fingerprint density at radius 1 is 1.43 bits per heavy atom. The molecule has 2 heterocycles. The lowest BCUT2D eigenvalue weighted by Crippen LogP contribution is -2.51. The monoisotopic (exact) mass is 307 g/mol. The molecule has 2 rings (SSSR count). The Hall–Kier alpha value is -1.60. The van der Waals surface area contributed by atoms with E-state index in [9.17, 15) is 4.79 Å². The highest BCUT2D eigenvalue weighted by atomic mass is 32.2. The van der Waals surface area contributed by atoms with Crippen LogP contribution in [-0.4, -0.2) is 38.8 Å². The molecule has 2 aromatic heterocycles. The molecule has 0 spiro atoms. The number of carbonyl (C=O) groups excluding carboxylic acids is 1. The second-order valence-corrected chi connectivity index (χ2v) is 6.23. The second-order valence-electron chi connectivity index (χ2n) is 5.16. The topological polar surface area (TPSA) is 85.3 Å². The van der Waals surface area contributed by atoms with E-state index in [-0.39, 0.29) is 5.91 Å². The number of aromatic nitrogens is 3. The molecule has 0 aromatic carbocycles. The van der Waals surface area contributed by atoms with Crippen LogP contribution in [0.15, 0.2) is 29.6 Å². The molecular formula is C14H21N5OS. The molecule has 114 valence electrons. The van der Waals surface area contributed by atoms with Crippen molar-refractivity contribution >= 4 is 23.3 Å². The third kappa shape index (κ3) is 3.74. The first kappa shape index (κ1) is 15.8. The lowest BCUT2D eigenvalue weighted by molar-refractivity contribution is -0.123. The minimum Gasteiger partial charge on any atom is -0.368 e. The summed E-state index contributed by atoms with van der Waals surface area (Å²) in [5, 5.41) is 12.2. The Morgan fingerprint density at radius 3 is 2.95 bits per heavy atom. The molecule has 1 unspecified atom stereocenters. The van der Waals surface area contributed by atoms with Gasteiger partial charge in [-0.15, -0.1) is 10.2 Å². The van der Waals surface area contributed by atoms with Gasteiger partial charge in [-0.05, 0) is 38.9 Å². The van der Waals surface area contributed by atoms with Gasteiger partial charge >= 0.3 is 0 Å². The molecule has 21 heavy (non-hydrogen) atoms. The van der Waals surface area contributed by atoms with E-state index in [1.54, 1.807) is 18.8 Å². The van der Waals surface area contributed by atoms with Crippen molar-refractivity contribution in [3.05, 3.63) is 24.4 Å². The molecule has 0 radical (unpaired) electrons. The largest absolute Gasteiger partial charge is 0.368 e. The fraction of sp³-hybridized carbons (Fsp3) is 0.500. The summed E-state index contributed by atoms with van der Waals surface area (Å²) in [6.45, 7) is 1.84. The van der Waals surface area contributed by atoms with Gasteiger partial charge in [0.05, 0.1) is 5.54 Å². The van der Waals surface area contributed by atoms with E-state index in [0.717, 1.165) is 35.8 Å². The number of amides is 1. The van der Waals surface area contributed by atoms with Crippen molar-refractivity contribution in [2.75, 3.05) is 12.8 Å². The van der Waals surface area contributed by atoms with Gasteiger partial charge in [0.1, 0.15) is 0 Å². The van der Waals surface area contributed by atoms with Crippen molar-refractivity contribution in [2.45, 2.75) is 36.9 Å². The fourth-order valence-corrected chi connectivity index (χ4v) is 2.96. The van der Waals surface area contributed by atoms with Crippen LogP contribution in [-0.2, 0) is 4.79 Å². The van der Waals surface area contributed by atoms with E-state index >= 15 is 0 Å². The minimum absolute atomic E-state index is 0.305. The SMILES string of the molecule is CNC(C)(CCCCSc1nnc2ccccn12)C(N)=O.